The number of anilines is 1. The minimum absolute atomic E-state index is 0.0162. The third-order valence-corrected chi connectivity index (χ3v) is 5.35. The van der Waals surface area contributed by atoms with Gasteiger partial charge >= 0.3 is 0 Å². The number of nitro benzene ring substituents is 1. The Hall–Kier alpha value is -2.92. The average Bonchev–Trinajstić information content (AvgIpc) is 3.15. The summed E-state index contributed by atoms with van der Waals surface area (Å²) in [7, 11) is 0. The molecule has 1 aromatic carbocycles. The summed E-state index contributed by atoms with van der Waals surface area (Å²) in [6, 6.07) is 3.94. The molecule has 12 heteroatoms. The van der Waals surface area contributed by atoms with E-state index in [-0.39, 0.29) is 22.8 Å². The number of amides is 1. The monoisotopic (exact) mass is 463 g/mol. The molecule has 31 heavy (non-hydrogen) atoms. The number of halogens is 1. The first-order valence-electron chi connectivity index (χ1n) is 9.77. The summed E-state index contributed by atoms with van der Waals surface area (Å²) in [5.74, 6) is 1.15. The SMILES string of the molecule is CCCNc1nc(SCC)nc2c1cnn2CCNC(=O)c1ccc(Cl)c([N+](=O)[O-])c1. The fraction of sp³-hybridized carbons (Fsp3) is 0.368. The number of nitrogens with one attached hydrogen (secondary N) is 2. The number of nitro groups is 1. The number of benzene rings is 1. The highest BCUT2D eigenvalue weighted by molar-refractivity contribution is 7.99. The summed E-state index contributed by atoms with van der Waals surface area (Å²) in [6.07, 6.45) is 2.67. The van der Waals surface area contributed by atoms with Gasteiger partial charge in [-0.1, -0.05) is 37.2 Å². The van der Waals surface area contributed by atoms with Crippen LogP contribution in [-0.2, 0) is 6.54 Å². The van der Waals surface area contributed by atoms with Crippen LogP contribution in [0, 0.1) is 10.1 Å². The molecule has 10 nitrogen and oxygen atoms in total. The smallest absolute Gasteiger partial charge is 0.288 e. The molecule has 0 saturated heterocycles. The fourth-order valence-electron chi connectivity index (χ4n) is 2.84. The Bertz CT molecular complexity index is 1110. The number of fused-ring (bicyclic) bond motifs is 1. The van der Waals surface area contributed by atoms with E-state index in [1.165, 1.54) is 12.1 Å². The number of rotatable bonds is 10. The van der Waals surface area contributed by atoms with Gasteiger partial charge in [-0.05, 0) is 24.3 Å². The molecule has 2 aromatic heterocycles. The first kappa shape index (κ1) is 22.8. The zero-order chi connectivity index (χ0) is 22.4. The highest BCUT2D eigenvalue weighted by Gasteiger charge is 2.17. The molecule has 0 aliphatic rings. The zero-order valence-electron chi connectivity index (χ0n) is 17.1. The van der Waals surface area contributed by atoms with Crippen LogP contribution in [0.2, 0.25) is 5.02 Å². The molecular formula is C19H22ClN7O3S. The van der Waals surface area contributed by atoms with E-state index in [2.05, 4.69) is 32.6 Å². The second kappa shape index (κ2) is 10.4. The molecular weight excluding hydrogens is 442 g/mol. The Morgan fingerprint density at radius 3 is 2.81 bits per heavy atom. The van der Waals surface area contributed by atoms with Crippen LogP contribution in [0.4, 0.5) is 11.5 Å². The van der Waals surface area contributed by atoms with Crippen LogP contribution in [0.15, 0.2) is 29.6 Å². The summed E-state index contributed by atoms with van der Waals surface area (Å²) in [5.41, 5.74) is 0.537. The molecule has 0 fully saturated rings. The van der Waals surface area contributed by atoms with Gasteiger partial charge in [0.25, 0.3) is 11.6 Å². The lowest BCUT2D eigenvalue weighted by molar-refractivity contribution is -0.384. The molecule has 0 spiro atoms. The molecule has 3 aromatic rings. The molecule has 0 unspecified atom stereocenters. The predicted octanol–water partition coefficient (Wildman–Crippen LogP) is 3.75. The number of carbonyl (C=O) groups is 1. The van der Waals surface area contributed by atoms with Crippen molar-refractivity contribution in [1.29, 1.82) is 0 Å². The van der Waals surface area contributed by atoms with Crippen LogP contribution < -0.4 is 10.6 Å². The number of hydrogen-bond donors (Lipinski definition) is 2. The zero-order valence-corrected chi connectivity index (χ0v) is 18.7. The quantitative estimate of drug-likeness (QED) is 0.201. The lowest BCUT2D eigenvalue weighted by atomic mass is 10.2. The lowest BCUT2D eigenvalue weighted by Crippen LogP contribution is -2.27. The number of hydrogen-bond acceptors (Lipinski definition) is 8. The van der Waals surface area contributed by atoms with Gasteiger partial charge < -0.3 is 10.6 Å². The van der Waals surface area contributed by atoms with Crippen LogP contribution in [0.1, 0.15) is 30.6 Å². The van der Waals surface area contributed by atoms with Gasteiger partial charge in [0, 0.05) is 24.7 Å². The molecule has 0 radical (unpaired) electrons. The topological polar surface area (TPSA) is 128 Å². The van der Waals surface area contributed by atoms with E-state index < -0.39 is 10.8 Å². The summed E-state index contributed by atoms with van der Waals surface area (Å²) < 4.78 is 1.71. The van der Waals surface area contributed by atoms with Gasteiger partial charge in [-0.3, -0.25) is 14.9 Å². The van der Waals surface area contributed by atoms with Crippen molar-refractivity contribution < 1.29 is 9.72 Å². The number of carbonyl (C=O) groups excluding carboxylic acids is 1. The van der Waals surface area contributed by atoms with Gasteiger partial charge in [0.1, 0.15) is 10.8 Å². The Kier molecular flexibility index (Phi) is 7.64. The molecule has 0 aliphatic heterocycles. The summed E-state index contributed by atoms with van der Waals surface area (Å²) >= 11 is 7.34. The van der Waals surface area contributed by atoms with Crippen molar-refractivity contribution in [3.63, 3.8) is 0 Å². The van der Waals surface area contributed by atoms with Crippen LogP contribution in [-0.4, -0.2) is 49.4 Å². The van der Waals surface area contributed by atoms with E-state index >= 15 is 0 Å². The van der Waals surface area contributed by atoms with E-state index in [1.807, 2.05) is 6.92 Å². The minimum atomic E-state index is -0.620. The molecule has 1 amide bonds. The maximum Gasteiger partial charge on any atom is 0.288 e. The van der Waals surface area contributed by atoms with Crippen LogP contribution >= 0.6 is 23.4 Å². The molecule has 164 valence electrons. The van der Waals surface area contributed by atoms with Gasteiger partial charge in [-0.15, -0.1) is 0 Å². The second-order valence-electron chi connectivity index (χ2n) is 6.50. The van der Waals surface area contributed by atoms with E-state index in [9.17, 15) is 14.9 Å². The molecule has 0 aliphatic carbocycles. The summed E-state index contributed by atoms with van der Waals surface area (Å²) in [5, 5.41) is 22.9. The van der Waals surface area contributed by atoms with Crippen molar-refractivity contribution in [3.8, 4) is 0 Å². The van der Waals surface area contributed by atoms with Gasteiger partial charge in [-0.2, -0.15) is 5.10 Å². The molecule has 0 saturated carbocycles. The molecule has 2 heterocycles. The average molecular weight is 464 g/mol. The minimum Gasteiger partial charge on any atom is -0.369 e. The Morgan fingerprint density at radius 2 is 2.10 bits per heavy atom. The van der Waals surface area contributed by atoms with Crippen molar-refractivity contribution in [2.24, 2.45) is 0 Å². The molecule has 0 bridgehead atoms. The van der Waals surface area contributed by atoms with E-state index in [0.717, 1.165) is 36.0 Å². The van der Waals surface area contributed by atoms with Crippen molar-refractivity contribution in [1.82, 2.24) is 25.1 Å². The third kappa shape index (κ3) is 5.42. The Labute approximate surface area is 187 Å². The van der Waals surface area contributed by atoms with Crippen molar-refractivity contribution >= 4 is 51.8 Å². The fourth-order valence-corrected chi connectivity index (χ4v) is 3.59. The number of thioether (sulfide) groups is 1. The molecule has 0 atom stereocenters. The van der Waals surface area contributed by atoms with Crippen LogP contribution in [0.5, 0.6) is 0 Å². The van der Waals surface area contributed by atoms with Gasteiger partial charge in [-0.25, -0.2) is 14.6 Å². The van der Waals surface area contributed by atoms with Crippen molar-refractivity contribution in [3.05, 3.63) is 45.1 Å². The Balaban J connectivity index is 1.73. The predicted molar refractivity (Wildman–Crippen MR) is 121 cm³/mol. The maximum absolute atomic E-state index is 12.4. The first-order valence-corrected chi connectivity index (χ1v) is 11.1. The van der Waals surface area contributed by atoms with Gasteiger partial charge in [0.05, 0.1) is 23.1 Å². The third-order valence-electron chi connectivity index (χ3n) is 4.31. The van der Waals surface area contributed by atoms with Crippen molar-refractivity contribution in [2.75, 3.05) is 24.2 Å². The van der Waals surface area contributed by atoms with Gasteiger partial charge in [0.15, 0.2) is 10.8 Å². The summed E-state index contributed by atoms with van der Waals surface area (Å²) in [6.45, 7) is 5.55. The number of aromatic nitrogens is 4. The second-order valence-corrected chi connectivity index (χ2v) is 8.14. The largest absolute Gasteiger partial charge is 0.369 e. The standard InChI is InChI=1S/C19H22ClN7O3S/c1-3-7-21-16-13-11-23-26(17(13)25-19(24-16)31-4-2)9-8-22-18(28)12-5-6-14(20)15(10-12)27(29)30/h5-6,10-11H,3-4,7-9H2,1-2H3,(H,22,28)(H,21,24,25). The normalized spacial score (nSPS) is 10.9. The van der Waals surface area contributed by atoms with E-state index in [1.54, 1.807) is 22.6 Å². The highest BCUT2D eigenvalue weighted by Crippen LogP contribution is 2.26. The highest BCUT2D eigenvalue weighted by atomic mass is 35.5. The van der Waals surface area contributed by atoms with Crippen LogP contribution in [0.25, 0.3) is 11.0 Å². The first-order chi connectivity index (χ1) is 14.9. The maximum atomic E-state index is 12.4. The summed E-state index contributed by atoms with van der Waals surface area (Å²) in [4.78, 5) is 32.0. The Morgan fingerprint density at radius 1 is 1.29 bits per heavy atom. The number of nitrogens with zero attached hydrogens (tertiary/aromatic N) is 5. The lowest BCUT2D eigenvalue weighted by Gasteiger charge is -2.09. The van der Waals surface area contributed by atoms with Crippen molar-refractivity contribution in [2.45, 2.75) is 32.0 Å². The van der Waals surface area contributed by atoms with E-state index in [0.29, 0.717) is 17.3 Å². The van der Waals surface area contributed by atoms with Gasteiger partial charge in [0.2, 0.25) is 0 Å². The molecule has 2 N–H and O–H groups in total. The molecule has 3 rings (SSSR count). The van der Waals surface area contributed by atoms with E-state index in [4.69, 9.17) is 11.6 Å². The van der Waals surface area contributed by atoms with Crippen LogP contribution in [0.3, 0.4) is 0 Å².